The third kappa shape index (κ3) is 9.53. The van der Waals surface area contributed by atoms with Gasteiger partial charge in [-0.1, -0.05) is 74.0 Å². The molecule has 27 atom stereocenters. The normalized spacial score (nSPS) is 50.6. The van der Waals surface area contributed by atoms with Crippen molar-refractivity contribution in [1.29, 1.82) is 0 Å². The lowest BCUT2D eigenvalue weighted by Gasteiger charge is -2.73. The summed E-state index contributed by atoms with van der Waals surface area (Å²) in [6.07, 6.45) is -26.7. The topological polar surface area (TPSA) is 368 Å². The molecule has 23 heteroatoms. The van der Waals surface area contributed by atoms with Gasteiger partial charge in [-0.25, -0.2) is 4.79 Å². The number of fused-ring (bicyclic) bond motifs is 7. The van der Waals surface area contributed by atoms with Crippen molar-refractivity contribution in [2.45, 2.75) is 231 Å². The van der Waals surface area contributed by atoms with E-state index in [9.17, 15) is 75.7 Å². The fraction of sp³-hybridized carbons (Fsp3) is 0.907. The van der Waals surface area contributed by atoms with Crippen LogP contribution in [0.3, 0.4) is 0 Å². The number of carboxylic acids is 1. The number of rotatable bonds is 13. The Morgan fingerprint density at radius 2 is 1.38 bits per heavy atom. The highest BCUT2D eigenvalue weighted by Crippen LogP contribution is 2.76. The van der Waals surface area contributed by atoms with Gasteiger partial charge >= 0.3 is 17.9 Å². The number of carboxylic acid groups (broad SMARTS) is 1. The molecule has 440 valence electrons. The van der Waals surface area contributed by atoms with Crippen LogP contribution in [0.25, 0.3) is 0 Å². The van der Waals surface area contributed by atoms with E-state index in [0.717, 1.165) is 5.57 Å². The standard InChI is InChI=1S/C54H86O23/c1-11-22(2)45(69)77-43-42(71-23(3)57)49(4,5)18-25-24-12-13-29-51(8)16-15-30(50(6,7)28(51)14-17-52(29,9)53(24,10)40(65)41(66)54(25,43)21-56)73-48-39(76-47-35(63)33(61)32(60)27(19-55)72-47)37(36(64)38(75-48)44(67)68)74-46-34(62)31(59)26(58)20-70-46/h12,22,25-43,46-48,55-56,58-66H,11,13-21H2,1-10H3,(H,67,68)/t22-,25+,26+,27-,28+,29-,30+,31+,32-,33+,34-,35-,36+,37+,38+,39-,40+,41-,42+,43+,46+,47+,48-,51+,52-,53+,54+/m1/s1. The molecule has 5 aliphatic carbocycles. The van der Waals surface area contributed by atoms with Crippen LogP contribution in [0.15, 0.2) is 11.6 Å². The molecule has 0 radical (unpaired) electrons. The molecule has 77 heavy (non-hydrogen) atoms. The third-order valence-corrected chi connectivity index (χ3v) is 20.9. The third-order valence-electron chi connectivity index (χ3n) is 20.9. The summed E-state index contributed by atoms with van der Waals surface area (Å²) in [5.74, 6) is -4.32. The molecule has 3 heterocycles. The quantitative estimate of drug-likeness (QED) is 0.0622. The van der Waals surface area contributed by atoms with E-state index >= 15 is 0 Å². The fourth-order valence-electron chi connectivity index (χ4n) is 16.1. The molecule has 3 saturated heterocycles. The minimum Gasteiger partial charge on any atom is -0.479 e. The summed E-state index contributed by atoms with van der Waals surface area (Å²) < 4.78 is 48.6. The average molecular weight is 1100 g/mol. The number of ether oxygens (including phenoxy) is 8. The average Bonchev–Trinajstić information content (AvgIpc) is 3.57. The van der Waals surface area contributed by atoms with Crippen LogP contribution in [0, 0.1) is 56.2 Å². The molecule has 0 unspecified atom stereocenters. The first-order valence-electron chi connectivity index (χ1n) is 27.4. The second-order valence-corrected chi connectivity index (χ2v) is 25.7. The van der Waals surface area contributed by atoms with Gasteiger partial charge < -0.3 is 99.2 Å². The summed E-state index contributed by atoms with van der Waals surface area (Å²) in [6.45, 7) is 16.9. The molecular weight excluding hydrogens is 1020 g/mol. The molecule has 0 aromatic carbocycles. The molecule has 3 aliphatic heterocycles. The lowest BCUT2D eigenvalue weighted by Crippen LogP contribution is -2.76. The summed E-state index contributed by atoms with van der Waals surface area (Å²) in [5, 5.41) is 134. The van der Waals surface area contributed by atoms with Crippen LogP contribution >= 0.6 is 0 Å². The molecule has 0 aromatic rings. The van der Waals surface area contributed by atoms with Crippen LogP contribution in [0.4, 0.5) is 0 Å². The molecule has 7 fully saturated rings. The zero-order valence-corrected chi connectivity index (χ0v) is 45.8. The molecule has 0 aromatic heterocycles. The Labute approximate surface area is 448 Å². The number of aliphatic hydroxyl groups is 11. The highest BCUT2D eigenvalue weighted by atomic mass is 16.8. The molecule has 23 nitrogen and oxygen atoms in total. The summed E-state index contributed by atoms with van der Waals surface area (Å²) in [7, 11) is 0. The fourth-order valence-corrected chi connectivity index (χ4v) is 16.1. The second-order valence-electron chi connectivity index (χ2n) is 25.7. The number of hydrogen-bond acceptors (Lipinski definition) is 22. The Bertz CT molecular complexity index is 2190. The lowest BCUT2D eigenvalue weighted by atomic mass is 9.32. The van der Waals surface area contributed by atoms with Crippen molar-refractivity contribution < 1.29 is 114 Å². The summed E-state index contributed by atoms with van der Waals surface area (Å²) in [4.78, 5) is 39.3. The van der Waals surface area contributed by atoms with Crippen molar-refractivity contribution in [2.24, 2.45) is 56.2 Å². The zero-order valence-electron chi connectivity index (χ0n) is 45.8. The molecule has 4 saturated carbocycles. The van der Waals surface area contributed by atoms with Crippen LogP contribution < -0.4 is 0 Å². The second kappa shape index (κ2) is 21.7. The van der Waals surface area contributed by atoms with E-state index in [1.54, 1.807) is 6.92 Å². The van der Waals surface area contributed by atoms with Crippen LogP contribution in [0.1, 0.15) is 114 Å². The van der Waals surface area contributed by atoms with Gasteiger partial charge in [0.15, 0.2) is 31.1 Å². The maximum absolute atomic E-state index is 13.7. The molecule has 8 rings (SSSR count). The van der Waals surface area contributed by atoms with E-state index in [0.29, 0.717) is 44.9 Å². The minimum absolute atomic E-state index is 0.135. The Morgan fingerprint density at radius 1 is 0.727 bits per heavy atom. The Morgan fingerprint density at radius 3 is 1.99 bits per heavy atom. The van der Waals surface area contributed by atoms with E-state index in [1.807, 2.05) is 41.5 Å². The lowest BCUT2D eigenvalue weighted by molar-refractivity contribution is -0.392. The summed E-state index contributed by atoms with van der Waals surface area (Å²) in [6, 6.07) is 0. The van der Waals surface area contributed by atoms with E-state index in [2.05, 4.69) is 19.9 Å². The Hall–Kier alpha value is -2.53. The molecular formula is C54H86O23. The van der Waals surface area contributed by atoms with Crippen LogP contribution in [0.2, 0.25) is 0 Å². The zero-order chi connectivity index (χ0) is 57.0. The van der Waals surface area contributed by atoms with Gasteiger partial charge in [-0.05, 0) is 78.9 Å². The Balaban J connectivity index is 1.13. The molecule has 0 spiro atoms. The highest BCUT2D eigenvalue weighted by molar-refractivity contribution is 5.73. The van der Waals surface area contributed by atoms with Crippen molar-refractivity contribution in [1.82, 2.24) is 0 Å². The molecule has 0 amide bonds. The highest BCUT2D eigenvalue weighted by Gasteiger charge is 2.76. The molecule has 0 bridgehead atoms. The van der Waals surface area contributed by atoms with Crippen LogP contribution in [0.5, 0.6) is 0 Å². The van der Waals surface area contributed by atoms with Gasteiger partial charge in [-0.3, -0.25) is 9.59 Å². The van der Waals surface area contributed by atoms with E-state index in [1.165, 1.54) is 6.92 Å². The van der Waals surface area contributed by atoms with E-state index in [-0.39, 0.29) is 11.8 Å². The van der Waals surface area contributed by atoms with Crippen LogP contribution in [-0.2, 0) is 52.3 Å². The monoisotopic (exact) mass is 1100 g/mol. The van der Waals surface area contributed by atoms with Crippen molar-refractivity contribution in [3.63, 3.8) is 0 Å². The largest absolute Gasteiger partial charge is 0.479 e. The van der Waals surface area contributed by atoms with Gasteiger partial charge in [0.2, 0.25) is 0 Å². The number of hydrogen-bond donors (Lipinski definition) is 12. The number of allylic oxidation sites excluding steroid dienone is 1. The first-order valence-corrected chi connectivity index (χ1v) is 27.4. The van der Waals surface area contributed by atoms with E-state index in [4.69, 9.17) is 37.9 Å². The first kappa shape index (κ1) is 60.6. The Kier molecular flexibility index (Phi) is 17.0. The van der Waals surface area contributed by atoms with Crippen molar-refractivity contribution in [2.75, 3.05) is 19.8 Å². The molecule has 8 aliphatic rings. The van der Waals surface area contributed by atoms with Crippen molar-refractivity contribution in [3.8, 4) is 0 Å². The maximum Gasteiger partial charge on any atom is 0.335 e. The number of aliphatic carboxylic acids is 1. The SMILES string of the molecule is CC[C@@H](C)C(=O)O[C@H]1[C@H](OC(C)=O)C(C)(C)C[C@H]2C3=CC[C@@H]4[C@@]5(C)CC[C@H](O[C@@H]6O[C@H](C(=O)O)[C@@H](O)[C@H](O[C@@H]7OC[C@H](O)[C@H](O)[C@H]7O)[C@H]6O[C@@H]6O[C@H](CO)[C@@H](O)[C@H](O)[C@H]6O)C(C)(C)[C@@H]5CC[C@@]4(C)[C@]3(C)[C@@H](O)[C@@H](O)[C@]21CO. The van der Waals surface area contributed by atoms with Crippen LogP contribution in [-0.4, -0.2) is 216 Å². The van der Waals surface area contributed by atoms with Gasteiger partial charge in [-0.15, -0.1) is 0 Å². The van der Waals surface area contributed by atoms with Crippen molar-refractivity contribution >= 4 is 17.9 Å². The predicted molar refractivity (Wildman–Crippen MR) is 263 cm³/mol. The number of carbonyl (C=O) groups is 3. The first-order chi connectivity index (χ1) is 35.8. The van der Waals surface area contributed by atoms with Gasteiger partial charge in [0, 0.05) is 17.8 Å². The predicted octanol–water partition coefficient (Wildman–Crippen LogP) is -0.604. The summed E-state index contributed by atoms with van der Waals surface area (Å²) >= 11 is 0. The molecule has 12 N–H and O–H groups in total. The minimum atomic E-state index is -2.12. The van der Waals surface area contributed by atoms with E-state index < -0.39 is 199 Å². The maximum atomic E-state index is 13.7. The van der Waals surface area contributed by atoms with Gasteiger partial charge in [0.25, 0.3) is 0 Å². The number of aliphatic hydroxyl groups excluding tert-OH is 11. The number of carbonyl (C=O) groups excluding carboxylic acids is 2. The van der Waals surface area contributed by atoms with Gasteiger partial charge in [0.1, 0.15) is 67.1 Å². The summed E-state index contributed by atoms with van der Waals surface area (Å²) in [5.41, 5.74) is -4.75. The van der Waals surface area contributed by atoms with Gasteiger partial charge in [0.05, 0.1) is 49.5 Å². The number of esters is 2. The van der Waals surface area contributed by atoms with Crippen molar-refractivity contribution in [3.05, 3.63) is 11.6 Å². The van der Waals surface area contributed by atoms with Gasteiger partial charge in [-0.2, -0.15) is 0 Å². The smallest absolute Gasteiger partial charge is 0.335 e.